The van der Waals surface area contributed by atoms with Crippen LogP contribution in [0, 0.1) is 0 Å². The molecular formula is C26H27N5O2. The molecule has 168 valence electrons. The van der Waals surface area contributed by atoms with Gasteiger partial charge in [-0.05, 0) is 54.8 Å². The second kappa shape index (κ2) is 9.65. The molecule has 2 heterocycles. The number of amides is 1. The molecule has 0 unspecified atom stereocenters. The topological polar surface area (TPSA) is 82.5 Å². The lowest BCUT2D eigenvalue weighted by molar-refractivity contribution is 0.0784. The summed E-state index contributed by atoms with van der Waals surface area (Å²) < 4.78 is 0. The molecule has 0 aliphatic carbocycles. The lowest BCUT2D eigenvalue weighted by atomic mass is 10.0. The Hall–Kier alpha value is -4.00. The van der Waals surface area contributed by atoms with Crippen molar-refractivity contribution in [3.8, 4) is 17.0 Å². The van der Waals surface area contributed by atoms with E-state index in [1.54, 1.807) is 24.3 Å². The summed E-state index contributed by atoms with van der Waals surface area (Å²) in [6, 6.07) is 17.4. The summed E-state index contributed by atoms with van der Waals surface area (Å²) in [5.74, 6) is 0.683. The number of fused-ring (bicyclic) bond motifs is 1. The molecule has 4 aromatic rings. The molecule has 0 spiro atoms. The monoisotopic (exact) mass is 441 g/mol. The van der Waals surface area contributed by atoms with Gasteiger partial charge in [0.1, 0.15) is 12.1 Å². The average molecular weight is 442 g/mol. The van der Waals surface area contributed by atoms with Crippen LogP contribution in [-0.4, -0.2) is 51.0 Å². The molecule has 0 saturated carbocycles. The van der Waals surface area contributed by atoms with Crippen LogP contribution >= 0.6 is 0 Å². The molecule has 33 heavy (non-hydrogen) atoms. The maximum absolute atomic E-state index is 12.7. The Morgan fingerprint density at radius 1 is 0.939 bits per heavy atom. The number of pyridine rings is 1. The van der Waals surface area contributed by atoms with Gasteiger partial charge in [0.2, 0.25) is 5.88 Å². The largest absolute Gasteiger partial charge is 0.493 e. The second-order valence-electron chi connectivity index (χ2n) is 7.87. The minimum atomic E-state index is -0.153. The predicted octanol–water partition coefficient (Wildman–Crippen LogP) is 4.52. The molecule has 2 aromatic heterocycles. The van der Waals surface area contributed by atoms with E-state index < -0.39 is 0 Å². The summed E-state index contributed by atoms with van der Waals surface area (Å²) >= 11 is 0. The number of carbonyl (C=O) groups excluding carboxylic acids is 1. The van der Waals surface area contributed by atoms with Crippen LogP contribution in [0.1, 0.15) is 29.8 Å². The van der Waals surface area contributed by atoms with Crippen molar-refractivity contribution in [1.82, 2.24) is 19.9 Å². The Labute approximate surface area is 193 Å². The number of carbonyl (C=O) groups is 1. The fourth-order valence-corrected chi connectivity index (χ4v) is 3.93. The minimum absolute atomic E-state index is 0.105. The Balaban J connectivity index is 1.61. The van der Waals surface area contributed by atoms with Crippen molar-refractivity contribution in [1.29, 1.82) is 0 Å². The van der Waals surface area contributed by atoms with Crippen molar-refractivity contribution >= 4 is 22.6 Å². The van der Waals surface area contributed by atoms with E-state index in [1.165, 1.54) is 12.3 Å². The Morgan fingerprint density at radius 3 is 2.45 bits per heavy atom. The number of nitrogens with zero attached hydrogens (tertiary/aromatic N) is 5. The molecule has 0 fully saturated rings. The summed E-state index contributed by atoms with van der Waals surface area (Å²) in [7, 11) is 1.76. The molecule has 0 aliphatic heterocycles. The third-order valence-corrected chi connectivity index (χ3v) is 5.70. The van der Waals surface area contributed by atoms with Gasteiger partial charge >= 0.3 is 0 Å². The maximum atomic E-state index is 12.7. The van der Waals surface area contributed by atoms with Crippen LogP contribution in [-0.2, 0) is 6.54 Å². The zero-order valence-electron chi connectivity index (χ0n) is 19.1. The van der Waals surface area contributed by atoms with Crippen molar-refractivity contribution < 1.29 is 9.90 Å². The van der Waals surface area contributed by atoms with Crippen LogP contribution in [0.25, 0.3) is 22.0 Å². The van der Waals surface area contributed by atoms with Gasteiger partial charge in [0.15, 0.2) is 0 Å². The number of rotatable bonds is 7. The highest BCUT2D eigenvalue weighted by molar-refractivity contribution is 5.94. The van der Waals surface area contributed by atoms with Crippen LogP contribution in [0.5, 0.6) is 5.88 Å². The molecular weight excluding hydrogens is 414 g/mol. The molecule has 0 saturated heterocycles. The first kappa shape index (κ1) is 22.2. The van der Waals surface area contributed by atoms with Crippen LogP contribution in [0.2, 0.25) is 0 Å². The van der Waals surface area contributed by atoms with Gasteiger partial charge in [-0.3, -0.25) is 4.79 Å². The van der Waals surface area contributed by atoms with Gasteiger partial charge in [-0.25, -0.2) is 15.0 Å². The quantitative estimate of drug-likeness (QED) is 0.454. The van der Waals surface area contributed by atoms with Gasteiger partial charge in [-0.1, -0.05) is 24.3 Å². The lowest BCUT2D eigenvalue weighted by Gasteiger charge is -2.21. The van der Waals surface area contributed by atoms with E-state index in [-0.39, 0.29) is 11.8 Å². The van der Waals surface area contributed by atoms with Gasteiger partial charge in [0.05, 0.1) is 11.1 Å². The van der Waals surface area contributed by atoms with Crippen molar-refractivity contribution in [2.75, 3.05) is 25.0 Å². The normalized spacial score (nSPS) is 10.9. The Kier molecular flexibility index (Phi) is 6.49. The van der Waals surface area contributed by atoms with Gasteiger partial charge < -0.3 is 14.9 Å². The van der Waals surface area contributed by atoms with E-state index in [9.17, 15) is 9.90 Å². The summed E-state index contributed by atoms with van der Waals surface area (Å²) in [5, 5.41) is 10.4. The van der Waals surface area contributed by atoms with E-state index in [0.29, 0.717) is 12.1 Å². The number of benzene rings is 2. The van der Waals surface area contributed by atoms with Crippen molar-refractivity contribution in [3.05, 3.63) is 78.2 Å². The average Bonchev–Trinajstić information content (AvgIpc) is 2.85. The number of hydrogen-bond donors (Lipinski definition) is 1. The maximum Gasteiger partial charge on any atom is 0.255 e. The van der Waals surface area contributed by atoms with Crippen LogP contribution in [0.4, 0.5) is 5.82 Å². The standard InChI is InChI=1S/C26H27N5O2/c1-4-31(5-2)25-22-14-20(9-11-23(22)28-17-29-25)19-8-6-7-18(13-19)16-30(3)26(33)21-10-12-24(32)27-15-21/h6-15,17H,4-5,16H2,1-3H3,(H,27,32). The van der Waals surface area contributed by atoms with E-state index >= 15 is 0 Å². The Bertz CT molecular complexity index is 1270. The van der Waals surface area contributed by atoms with Gasteiger partial charge in [0, 0.05) is 44.3 Å². The van der Waals surface area contributed by atoms with E-state index in [1.807, 2.05) is 18.2 Å². The third kappa shape index (κ3) is 4.77. The molecule has 1 N–H and O–H groups in total. The fourth-order valence-electron chi connectivity index (χ4n) is 3.93. The smallest absolute Gasteiger partial charge is 0.255 e. The molecule has 1 amide bonds. The summed E-state index contributed by atoms with van der Waals surface area (Å²) in [6.07, 6.45) is 3.00. The van der Waals surface area contributed by atoms with Crippen LogP contribution in [0.15, 0.2) is 67.1 Å². The molecule has 0 radical (unpaired) electrons. The zero-order valence-corrected chi connectivity index (χ0v) is 19.1. The highest BCUT2D eigenvalue weighted by Crippen LogP contribution is 2.29. The Morgan fingerprint density at radius 2 is 1.73 bits per heavy atom. The third-order valence-electron chi connectivity index (χ3n) is 5.70. The number of anilines is 1. The number of hydrogen-bond acceptors (Lipinski definition) is 6. The van der Waals surface area contributed by atoms with E-state index in [0.717, 1.165) is 46.5 Å². The van der Waals surface area contributed by atoms with Gasteiger partial charge in [0.25, 0.3) is 5.91 Å². The fraction of sp³-hybridized carbons (Fsp3) is 0.231. The number of aromatic nitrogens is 3. The van der Waals surface area contributed by atoms with Crippen LogP contribution in [0.3, 0.4) is 0 Å². The van der Waals surface area contributed by atoms with E-state index in [4.69, 9.17) is 0 Å². The predicted molar refractivity (Wildman–Crippen MR) is 130 cm³/mol. The molecule has 2 aromatic carbocycles. The van der Waals surface area contributed by atoms with Gasteiger partial charge in [-0.15, -0.1) is 0 Å². The highest BCUT2D eigenvalue weighted by atomic mass is 16.3. The van der Waals surface area contributed by atoms with Crippen molar-refractivity contribution in [2.24, 2.45) is 0 Å². The second-order valence-corrected chi connectivity index (χ2v) is 7.87. The zero-order chi connectivity index (χ0) is 23.4. The molecule has 7 heteroatoms. The van der Waals surface area contributed by atoms with Crippen molar-refractivity contribution in [2.45, 2.75) is 20.4 Å². The van der Waals surface area contributed by atoms with E-state index in [2.05, 4.69) is 58.0 Å². The highest BCUT2D eigenvalue weighted by Gasteiger charge is 2.14. The minimum Gasteiger partial charge on any atom is -0.493 e. The van der Waals surface area contributed by atoms with Gasteiger partial charge in [-0.2, -0.15) is 0 Å². The summed E-state index contributed by atoms with van der Waals surface area (Å²) in [4.78, 5) is 29.3. The first-order valence-electron chi connectivity index (χ1n) is 11.0. The first-order valence-corrected chi connectivity index (χ1v) is 11.0. The molecule has 0 bridgehead atoms. The molecule has 0 aliphatic rings. The van der Waals surface area contributed by atoms with Crippen molar-refractivity contribution in [3.63, 3.8) is 0 Å². The SMILES string of the molecule is CCN(CC)c1ncnc2ccc(-c3cccc(CN(C)C(=O)c4ccc(O)nc4)c3)cc12. The molecule has 7 nitrogen and oxygen atoms in total. The summed E-state index contributed by atoms with van der Waals surface area (Å²) in [5.41, 5.74) is 4.51. The first-order chi connectivity index (χ1) is 16.0. The lowest BCUT2D eigenvalue weighted by Crippen LogP contribution is -2.26. The number of aromatic hydroxyl groups is 1. The summed E-state index contributed by atoms with van der Waals surface area (Å²) in [6.45, 7) is 6.45. The van der Waals surface area contributed by atoms with Crippen LogP contribution < -0.4 is 4.90 Å². The molecule has 0 atom stereocenters. The molecule has 4 rings (SSSR count).